The molecule has 7 heteroatoms. The zero-order chi connectivity index (χ0) is 14.9. The predicted octanol–water partition coefficient (Wildman–Crippen LogP) is 3.54. The first-order chi connectivity index (χ1) is 10.3. The van der Waals surface area contributed by atoms with Crippen molar-refractivity contribution in [2.45, 2.75) is 18.2 Å². The molecule has 0 aliphatic carbocycles. The van der Waals surface area contributed by atoms with Crippen LogP contribution in [0.1, 0.15) is 13.8 Å². The van der Waals surface area contributed by atoms with Crippen LogP contribution in [0.25, 0.3) is 0 Å². The lowest BCUT2D eigenvalue weighted by atomic mass is 10.3. The van der Waals surface area contributed by atoms with E-state index < -0.39 is 0 Å². The zero-order valence-electron chi connectivity index (χ0n) is 12.2. The summed E-state index contributed by atoms with van der Waals surface area (Å²) in [6.45, 7) is 6.18. The third-order valence-electron chi connectivity index (χ3n) is 2.45. The number of ether oxygens (including phenoxy) is 2. The van der Waals surface area contributed by atoms with Gasteiger partial charge in [0, 0.05) is 12.3 Å². The van der Waals surface area contributed by atoms with E-state index in [4.69, 9.17) is 9.47 Å². The standard InChI is InChI=1S/C14H19N3O2S2/c1-3-15-13-16-17-14(21-13)20-10-9-19-12-7-5-11(6-8-12)18-4-2/h5-8H,3-4,9-10H2,1-2H3,(H,15,16). The Morgan fingerprint density at radius 2 is 1.81 bits per heavy atom. The number of aromatic nitrogens is 2. The van der Waals surface area contributed by atoms with Crippen molar-refractivity contribution in [3.63, 3.8) is 0 Å². The summed E-state index contributed by atoms with van der Waals surface area (Å²) in [7, 11) is 0. The minimum atomic E-state index is 0.634. The highest BCUT2D eigenvalue weighted by atomic mass is 32.2. The van der Waals surface area contributed by atoms with E-state index in [2.05, 4.69) is 15.5 Å². The van der Waals surface area contributed by atoms with E-state index in [-0.39, 0.29) is 0 Å². The maximum absolute atomic E-state index is 5.68. The summed E-state index contributed by atoms with van der Waals surface area (Å²) in [6, 6.07) is 7.67. The van der Waals surface area contributed by atoms with Crippen LogP contribution >= 0.6 is 23.1 Å². The fourth-order valence-electron chi connectivity index (χ4n) is 1.58. The molecule has 0 atom stereocenters. The van der Waals surface area contributed by atoms with Gasteiger partial charge in [-0.1, -0.05) is 23.1 Å². The van der Waals surface area contributed by atoms with Gasteiger partial charge in [0.15, 0.2) is 4.34 Å². The molecule has 1 heterocycles. The Morgan fingerprint density at radius 3 is 2.48 bits per heavy atom. The third-order valence-corrected chi connectivity index (χ3v) is 4.43. The maximum atomic E-state index is 5.68. The van der Waals surface area contributed by atoms with E-state index in [1.54, 1.807) is 23.1 Å². The second-order valence-electron chi connectivity index (χ2n) is 4.00. The predicted molar refractivity (Wildman–Crippen MR) is 87.9 cm³/mol. The van der Waals surface area contributed by atoms with Crippen LogP contribution in [0, 0.1) is 0 Å². The monoisotopic (exact) mass is 325 g/mol. The molecule has 1 N–H and O–H groups in total. The minimum absolute atomic E-state index is 0.634. The van der Waals surface area contributed by atoms with Crippen LogP contribution in [0.5, 0.6) is 11.5 Å². The molecule has 1 aromatic heterocycles. The number of nitrogens with zero attached hydrogens (tertiary/aromatic N) is 2. The molecule has 0 spiro atoms. The molecule has 0 aliphatic rings. The van der Waals surface area contributed by atoms with Gasteiger partial charge in [-0.3, -0.25) is 0 Å². The summed E-state index contributed by atoms with van der Waals surface area (Å²) in [5, 5.41) is 12.2. The van der Waals surface area contributed by atoms with E-state index in [0.717, 1.165) is 33.3 Å². The van der Waals surface area contributed by atoms with Gasteiger partial charge < -0.3 is 14.8 Å². The van der Waals surface area contributed by atoms with E-state index in [1.807, 2.05) is 38.1 Å². The molecule has 0 bridgehead atoms. The number of rotatable bonds is 9. The molecule has 2 aromatic rings. The maximum Gasteiger partial charge on any atom is 0.206 e. The molecule has 21 heavy (non-hydrogen) atoms. The first-order valence-corrected chi connectivity index (χ1v) is 8.68. The summed E-state index contributed by atoms with van der Waals surface area (Å²) in [6.07, 6.45) is 0. The van der Waals surface area contributed by atoms with E-state index in [0.29, 0.717) is 13.2 Å². The van der Waals surface area contributed by atoms with Crippen molar-refractivity contribution in [2.24, 2.45) is 0 Å². The van der Waals surface area contributed by atoms with Gasteiger partial charge in [-0.15, -0.1) is 10.2 Å². The van der Waals surface area contributed by atoms with Gasteiger partial charge in [-0.2, -0.15) is 0 Å². The van der Waals surface area contributed by atoms with Crippen LogP contribution in [0.15, 0.2) is 28.6 Å². The van der Waals surface area contributed by atoms with E-state index in [1.165, 1.54) is 0 Å². The van der Waals surface area contributed by atoms with Crippen LogP contribution < -0.4 is 14.8 Å². The molecule has 0 saturated heterocycles. The summed E-state index contributed by atoms with van der Waals surface area (Å²) < 4.78 is 12.0. The molecule has 0 aliphatic heterocycles. The lowest BCUT2D eigenvalue weighted by Gasteiger charge is -2.06. The minimum Gasteiger partial charge on any atom is -0.494 e. The van der Waals surface area contributed by atoms with Crippen molar-refractivity contribution in [1.29, 1.82) is 0 Å². The highest BCUT2D eigenvalue weighted by molar-refractivity contribution is 8.01. The molecule has 0 fully saturated rings. The van der Waals surface area contributed by atoms with Gasteiger partial charge in [0.05, 0.1) is 13.2 Å². The smallest absolute Gasteiger partial charge is 0.206 e. The van der Waals surface area contributed by atoms with Crippen molar-refractivity contribution >= 4 is 28.2 Å². The number of hydrogen-bond acceptors (Lipinski definition) is 7. The summed E-state index contributed by atoms with van der Waals surface area (Å²) in [5.41, 5.74) is 0. The molecule has 0 unspecified atom stereocenters. The van der Waals surface area contributed by atoms with Gasteiger partial charge in [0.2, 0.25) is 5.13 Å². The van der Waals surface area contributed by atoms with Crippen molar-refractivity contribution in [2.75, 3.05) is 30.8 Å². The van der Waals surface area contributed by atoms with Crippen LogP contribution in [-0.4, -0.2) is 35.7 Å². The van der Waals surface area contributed by atoms with Gasteiger partial charge >= 0.3 is 0 Å². The molecular weight excluding hydrogens is 306 g/mol. The van der Waals surface area contributed by atoms with Gasteiger partial charge in [0.25, 0.3) is 0 Å². The summed E-state index contributed by atoms with van der Waals surface area (Å²) >= 11 is 3.22. The Morgan fingerprint density at radius 1 is 1.10 bits per heavy atom. The van der Waals surface area contributed by atoms with Gasteiger partial charge in [0.1, 0.15) is 11.5 Å². The second-order valence-corrected chi connectivity index (χ2v) is 6.32. The Bertz CT molecular complexity index is 531. The van der Waals surface area contributed by atoms with Crippen molar-refractivity contribution in [3.05, 3.63) is 24.3 Å². The number of nitrogens with one attached hydrogen (secondary N) is 1. The average Bonchev–Trinajstić information content (AvgIpc) is 2.94. The van der Waals surface area contributed by atoms with Crippen molar-refractivity contribution in [3.8, 4) is 11.5 Å². The molecular formula is C14H19N3O2S2. The SMILES string of the molecule is CCNc1nnc(SCCOc2ccc(OCC)cc2)s1. The Labute approximate surface area is 133 Å². The number of hydrogen-bond donors (Lipinski definition) is 1. The van der Waals surface area contributed by atoms with Crippen molar-refractivity contribution < 1.29 is 9.47 Å². The van der Waals surface area contributed by atoms with Crippen molar-refractivity contribution in [1.82, 2.24) is 10.2 Å². The van der Waals surface area contributed by atoms with Crippen LogP contribution in [0.4, 0.5) is 5.13 Å². The number of thioether (sulfide) groups is 1. The average molecular weight is 325 g/mol. The van der Waals surface area contributed by atoms with Gasteiger partial charge in [-0.25, -0.2) is 0 Å². The number of anilines is 1. The Kier molecular flexibility index (Phi) is 6.62. The first-order valence-electron chi connectivity index (χ1n) is 6.87. The normalized spacial score (nSPS) is 10.4. The Hall–Kier alpha value is -1.47. The molecule has 0 radical (unpaired) electrons. The first kappa shape index (κ1) is 15.9. The number of benzene rings is 1. The molecule has 0 amide bonds. The van der Waals surface area contributed by atoms with Crippen LogP contribution in [-0.2, 0) is 0 Å². The lowest BCUT2D eigenvalue weighted by Crippen LogP contribution is -2.00. The third kappa shape index (κ3) is 5.43. The van der Waals surface area contributed by atoms with Crippen LogP contribution in [0.2, 0.25) is 0 Å². The molecule has 2 rings (SSSR count). The quantitative estimate of drug-likeness (QED) is 0.562. The lowest BCUT2D eigenvalue weighted by molar-refractivity contribution is 0.332. The second kappa shape index (κ2) is 8.74. The largest absolute Gasteiger partial charge is 0.494 e. The fourth-order valence-corrected chi connectivity index (χ4v) is 3.29. The molecule has 1 aromatic carbocycles. The Balaban J connectivity index is 1.68. The highest BCUT2D eigenvalue weighted by Crippen LogP contribution is 2.25. The zero-order valence-corrected chi connectivity index (χ0v) is 13.8. The molecule has 5 nitrogen and oxygen atoms in total. The van der Waals surface area contributed by atoms with Gasteiger partial charge in [-0.05, 0) is 38.1 Å². The summed E-state index contributed by atoms with van der Waals surface area (Å²) in [4.78, 5) is 0. The molecule has 114 valence electrons. The van der Waals surface area contributed by atoms with E-state index in [9.17, 15) is 0 Å². The fraction of sp³-hybridized carbons (Fsp3) is 0.429. The van der Waals surface area contributed by atoms with Crippen LogP contribution in [0.3, 0.4) is 0 Å². The molecule has 0 saturated carbocycles. The topological polar surface area (TPSA) is 56.3 Å². The van der Waals surface area contributed by atoms with E-state index >= 15 is 0 Å². The highest BCUT2D eigenvalue weighted by Gasteiger charge is 2.03. The summed E-state index contributed by atoms with van der Waals surface area (Å²) in [5.74, 6) is 2.56.